The molecule has 0 aliphatic carbocycles. The first-order valence-electron chi connectivity index (χ1n) is 5.83. The van der Waals surface area contributed by atoms with Crippen molar-refractivity contribution in [2.75, 3.05) is 13.6 Å². The molecule has 17 heavy (non-hydrogen) atoms. The molecule has 0 aliphatic heterocycles. The second-order valence-corrected chi connectivity index (χ2v) is 4.96. The van der Waals surface area contributed by atoms with Crippen molar-refractivity contribution in [2.24, 2.45) is 0 Å². The molecule has 0 fully saturated rings. The molecule has 2 rings (SSSR count). The first-order chi connectivity index (χ1) is 8.24. The lowest BCUT2D eigenvalue weighted by Crippen LogP contribution is -2.08. The van der Waals surface area contributed by atoms with Gasteiger partial charge < -0.3 is 5.32 Å². The molecule has 0 spiro atoms. The van der Waals surface area contributed by atoms with E-state index in [1.807, 2.05) is 23.3 Å². The fraction of sp³-hybridized carbons (Fsp3) is 0.500. The van der Waals surface area contributed by atoms with Gasteiger partial charge in [-0.05, 0) is 45.8 Å². The molecule has 1 N–H and O–H groups in total. The van der Waals surface area contributed by atoms with E-state index in [9.17, 15) is 0 Å². The van der Waals surface area contributed by atoms with Crippen molar-refractivity contribution in [2.45, 2.75) is 26.7 Å². The summed E-state index contributed by atoms with van der Waals surface area (Å²) in [4.78, 5) is 4.30. The van der Waals surface area contributed by atoms with Crippen LogP contribution in [0.5, 0.6) is 0 Å². The number of aromatic nitrogens is 3. The van der Waals surface area contributed by atoms with E-state index in [2.05, 4.69) is 29.2 Å². The zero-order valence-corrected chi connectivity index (χ0v) is 11.3. The highest BCUT2D eigenvalue weighted by Crippen LogP contribution is 2.20. The molecule has 2 aromatic heterocycles. The Kier molecular flexibility index (Phi) is 3.91. The Hall–Kier alpha value is -1.20. The van der Waals surface area contributed by atoms with Gasteiger partial charge in [0.25, 0.3) is 0 Å². The minimum Gasteiger partial charge on any atom is -0.320 e. The highest BCUT2D eigenvalue weighted by molar-refractivity contribution is 7.12. The summed E-state index contributed by atoms with van der Waals surface area (Å²) in [6.45, 7) is 5.24. The van der Waals surface area contributed by atoms with Crippen molar-refractivity contribution in [3.8, 4) is 5.13 Å². The molecule has 0 amide bonds. The third kappa shape index (κ3) is 2.56. The van der Waals surface area contributed by atoms with Crippen LogP contribution in [0.25, 0.3) is 5.13 Å². The normalized spacial score (nSPS) is 11.0. The molecule has 0 atom stereocenters. The van der Waals surface area contributed by atoms with E-state index in [0.717, 1.165) is 30.2 Å². The number of aryl methyl sites for hydroxylation is 1. The predicted octanol–water partition coefficient (Wildman–Crippen LogP) is 2.10. The van der Waals surface area contributed by atoms with E-state index in [0.29, 0.717) is 0 Å². The molecule has 0 radical (unpaired) electrons. The summed E-state index contributed by atoms with van der Waals surface area (Å²) >= 11 is 1.62. The molecule has 0 saturated heterocycles. The van der Waals surface area contributed by atoms with Gasteiger partial charge in [-0.25, -0.2) is 9.67 Å². The zero-order valence-electron chi connectivity index (χ0n) is 10.5. The monoisotopic (exact) mass is 250 g/mol. The Balaban J connectivity index is 2.23. The summed E-state index contributed by atoms with van der Waals surface area (Å²) in [5.74, 6) is 0. The topological polar surface area (TPSA) is 42.7 Å². The van der Waals surface area contributed by atoms with Crippen LogP contribution < -0.4 is 5.32 Å². The molecule has 5 heteroatoms. The summed E-state index contributed by atoms with van der Waals surface area (Å²) in [7, 11) is 1.98. The Labute approximate surface area is 106 Å². The lowest BCUT2D eigenvalue weighted by Gasteiger charge is -2.02. The van der Waals surface area contributed by atoms with Crippen LogP contribution in [0.4, 0.5) is 0 Å². The zero-order chi connectivity index (χ0) is 12.3. The molecule has 2 heterocycles. The molecule has 2 aromatic rings. The van der Waals surface area contributed by atoms with E-state index < -0.39 is 0 Å². The Morgan fingerprint density at radius 3 is 2.88 bits per heavy atom. The highest BCUT2D eigenvalue weighted by Gasteiger charge is 2.13. The Bertz CT molecular complexity index is 473. The average Bonchev–Trinajstić information content (AvgIpc) is 2.91. The number of thiazole rings is 1. The van der Waals surface area contributed by atoms with E-state index in [1.54, 1.807) is 11.3 Å². The fourth-order valence-corrected chi connectivity index (χ4v) is 2.63. The molecule has 0 unspecified atom stereocenters. The summed E-state index contributed by atoms with van der Waals surface area (Å²) in [6, 6.07) is 0. The van der Waals surface area contributed by atoms with Gasteiger partial charge in [0.05, 0.1) is 5.69 Å². The third-order valence-corrected chi connectivity index (χ3v) is 3.64. The van der Waals surface area contributed by atoms with E-state index in [-0.39, 0.29) is 0 Å². The van der Waals surface area contributed by atoms with Crippen LogP contribution in [0, 0.1) is 13.8 Å². The SMILES string of the molecule is CNCCCc1c(C)nn(-c2nccs2)c1C. The van der Waals surface area contributed by atoms with E-state index in [4.69, 9.17) is 0 Å². The molecular weight excluding hydrogens is 232 g/mol. The van der Waals surface area contributed by atoms with Gasteiger partial charge in [0, 0.05) is 17.3 Å². The third-order valence-electron chi connectivity index (χ3n) is 2.90. The standard InChI is InChI=1S/C12H18N4S/c1-9-11(5-4-6-13-3)10(2)16(15-9)12-14-7-8-17-12/h7-8,13H,4-6H2,1-3H3. The van der Waals surface area contributed by atoms with E-state index >= 15 is 0 Å². The number of hydrogen-bond donors (Lipinski definition) is 1. The number of hydrogen-bond acceptors (Lipinski definition) is 4. The lowest BCUT2D eigenvalue weighted by atomic mass is 10.1. The number of rotatable bonds is 5. The minimum atomic E-state index is 0.950. The van der Waals surface area contributed by atoms with E-state index in [1.165, 1.54) is 11.3 Å². The Morgan fingerprint density at radius 1 is 1.41 bits per heavy atom. The molecule has 0 aromatic carbocycles. The lowest BCUT2D eigenvalue weighted by molar-refractivity contribution is 0.720. The maximum atomic E-state index is 4.58. The van der Waals surface area contributed by atoms with Crippen molar-refractivity contribution < 1.29 is 0 Å². The van der Waals surface area contributed by atoms with Gasteiger partial charge in [-0.3, -0.25) is 0 Å². The van der Waals surface area contributed by atoms with Crippen LogP contribution in [0.3, 0.4) is 0 Å². The summed E-state index contributed by atoms with van der Waals surface area (Å²) < 4.78 is 1.95. The van der Waals surface area contributed by atoms with Gasteiger partial charge in [0.1, 0.15) is 0 Å². The molecule has 0 bridgehead atoms. The maximum absolute atomic E-state index is 4.58. The van der Waals surface area contributed by atoms with Crippen LogP contribution in [-0.4, -0.2) is 28.4 Å². The Morgan fingerprint density at radius 2 is 2.24 bits per heavy atom. The number of nitrogens with one attached hydrogen (secondary N) is 1. The van der Waals surface area contributed by atoms with Gasteiger partial charge in [-0.1, -0.05) is 0 Å². The van der Waals surface area contributed by atoms with Crippen LogP contribution in [0.1, 0.15) is 23.4 Å². The number of nitrogens with zero attached hydrogens (tertiary/aromatic N) is 3. The quantitative estimate of drug-likeness (QED) is 0.826. The van der Waals surface area contributed by atoms with Gasteiger partial charge >= 0.3 is 0 Å². The van der Waals surface area contributed by atoms with Crippen molar-refractivity contribution in [3.05, 3.63) is 28.5 Å². The van der Waals surface area contributed by atoms with Crippen molar-refractivity contribution in [3.63, 3.8) is 0 Å². The molecule has 92 valence electrons. The molecular formula is C12H18N4S. The second-order valence-electron chi connectivity index (χ2n) is 4.08. The van der Waals surface area contributed by atoms with Crippen LogP contribution >= 0.6 is 11.3 Å². The first kappa shape index (κ1) is 12.3. The van der Waals surface area contributed by atoms with Gasteiger partial charge in [0.15, 0.2) is 0 Å². The van der Waals surface area contributed by atoms with Crippen molar-refractivity contribution >= 4 is 11.3 Å². The summed E-state index contributed by atoms with van der Waals surface area (Å²) in [5, 5.41) is 10.7. The molecule has 4 nitrogen and oxygen atoms in total. The molecule has 0 aliphatic rings. The first-order valence-corrected chi connectivity index (χ1v) is 6.71. The van der Waals surface area contributed by atoms with Gasteiger partial charge in [-0.15, -0.1) is 11.3 Å². The van der Waals surface area contributed by atoms with Gasteiger partial charge in [0.2, 0.25) is 5.13 Å². The summed E-state index contributed by atoms with van der Waals surface area (Å²) in [5.41, 5.74) is 3.69. The fourth-order valence-electron chi connectivity index (χ4n) is 1.99. The van der Waals surface area contributed by atoms with Crippen LogP contribution in [-0.2, 0) is 6.42 Å². The second kappa shape index (κ2) is 5.42. The van der Waals surface area contributed by atoms with Gasteiger partial charge in [-0.2, -0.15) is 5.10 Å². The smallest absolute Gasteiger partial charge is 0.210 e. The summed E-state index contributed by atoms with van der Waals surface area (Å²) in [6.07, 6.45) is 4.03. The van der Waals surface area contributed by atoms with Crippen molar-refractivity contribution in [1.82, 2.24) is 20.1 Å². The minimum absolute atomic E-state index is 0.950. The maximum Gasteiger partial charge on any atom is 0.210 e. The molecule has 0 saturated carbocycles. The van der Waals surface area contributed by atoms with Crippen LogP contribution in [0.2, 0.25) is 0 Å². The van der Waals surface area contributed by atoms with Crippen LogP contribution in [0.15, 0.2) is 11.6 Å². The predicted molar refractivity (Wildman–Crippen MR) is 71.0 cm³/mol. The average molecular weight is 250 g/mol. The van der Waals surface area contributed by atoms with Crippen molar-refractivity contribution in [1.29, 1.82) is 0 Å². The highest BCUT2D eigenvalue weighted by atomic mass is 32.1. The largest absolute Gasteiger partial charge is 0.320 e.